The van der Waals surface area contributed by atoms with E-state index in [2.05, 4.69) is 0 Å². The van der Waals surface area contributed by atoms with Crippen molar-refractivity contribution >= 4 is 22.9 Å². The van der Waals surface area contributed by atoms with Crippen LogP contribution >= 0.6 is 22.9 Å². The van der Waals surface area contributed by atoms with Crippen LogP contribution < -0.4 is 0 Å². The molecule has 0 aliphatic carbocycles. The van der Waals surface area contributed by atoms with E-state index in [9.17, 15) is 5.11 Å². The lowest BCUT2D eigenvalue weighted by Crippen LogP contribution is -2.21. The second-order valence-corrected chi connectivity index (χ2v) is 4.59. The summed E-state index contributed by atoms with van der Waals surface area (Å²) in [5, 5.41) is 12.2. The van der Waals surface area contributed by atoms with Gasteiger partial charge >= 0.3 is 0 Å². The van der Waals surface area contributed by atoms with E-state index in [1.807, 2.05) is 11.4 Å². The zero-order valence-electron chi connectivity index (χ0n) is 6.60. The van der Waals surface area contributed by atoms with Gasteiger partial charge in [-0.05, 0) is 25.3 Å². The fourth-order valence-electron chi connectivity index (χ4n) is 0.844. The van der Waals surface area contributed by atoms with Crippen LogP contribution in [-0.4, -0.2) is 10.7 Å². The van der Waals surface area contributed by atoms with E-state index in [-0.39, 0.29) is 0 Å². The molecule has 0 amide bonds. The highest BCUT2D eigenvalue weighted by Crippen LogP contribution is 2.25. The average Bonchev–Trinajstić information content (AvgIpc) is 2.12. The molecule has 0 spiro atoms. The predicted molar refractivity (Wildman–Crippen MR) is 49.3 cm³/mol. The van der Waals surface area contributed by atoms with Crippen molar-refractivity contribution in [2.24, 2.45) is 0 Å². The predicted octanol–water partition coefficient (Wildman–Crippen LogP) is 2.71. The maximum absolute atomic E-state index is 9.46. The SMILES string of the molecule is CC(C)(O)Cc1sccc1Cl. The van der Waals surface area contributed by atoms with Crippen molar-refractivity contribution < 1.29 is 5.11 Å². The van der Waals surface area contributed by atoms with Gasteiger partial charge in [-0.2, -0.15) is 0 Å². The van der Waals surface area contributed by atoms with Crippen LogP contribution in [0.5, 0.6) is 0 Å². The van der Waals surface area contributed by atoms with Gasteiger partial charge in [-0.3, -0.25) is 0 Å². The maximum atomic E-state index is 9.46. The fraction of sp³-hybridized carbons (Fsp3) is 0.500. The summed E-state index contributed by atoms with van der Waals surface area (Å²) >= 11 is 7.43. The van der Waals surface area contributed by atoms with Gasteiger partial charge < -0.3 is 5.11 Å². The highest BCUT2D eigenvalue weighted by molar-refractivity contribution is 7.10. The van der Waals surface area contributed by atoms with Crippen molar-refractivity contribution in [3.8, 4) is 0 Å². The molecule has 1 aromatic heterocycles. The molecule has 0 atom stereocenters. The molecule has 0 aliphatic rings. The lowest BCUT2D eigenvalue weighted by molar-refractivity contribution is 0.0819. The van der Waals surface area contributed by atoms with Gasteiger partial charge in [0, 0.05) is 11.3 Å². The molecule has 1 aromatic rings. The van der Waals surface area contributed by atoms with Crippen molar-refractivity contribution in [3.05, 3.63) is 21.3 Å². The van der Waals surface area contributed by atoms with E-state index in [0.717, 1.165) is 9.90 Å². The van der Waals surface area contributed by atoms with Crippen molar-refractivity contribution in [2.75, 3.05) is 0 Å². The fourth-order valence-corrected chi connectivity index (χ4v) is 2.17. The third kappa shape index (κ3) is 2.81. The summed E-state index contributed by atoms with van der Waals surface area (Å²) in [5.74, 6) is 0. The summed E-state index contributed by atoms with van der Waals surface area (Å²) in [6.45, 7) is 3.56. The van der Waals surface area contributed by atoms with Gasteiger partial charge in [-0.15, -0.1) is 11.3 Å². The Morgan fingerprint density at radius 2 is 2.27 bits per heavy atom. The summed E-state index contributed by atoms with van der Waals surface area (Å²) in [4.78, 5) is 1.05. The summed E-state index contributed by atoms with van der Waals surface area (Å²) < 4.78 is 0. The van der Waals surface area contributed by atoms with Gasteiger partial charge in [0.1, 0.15) is 0 Å². The van der Waals surface area contributed by atoms with Gasteiger partial charge in [0.05, 0.1) is 10.6 Å². The molecular weight excluding hydrogens is 180 g/mol. The van der Waals surface area contributed by atoms with Crippen molar-refractivity contribution in [1.29, 1.82) is 0 Å². The van der Waals surface area contributed by atoms with Crippen LogP contribution in [0.2, 0.25) is 5.02 Å². The normalized spacial score (nSPS) is 12.0. The largest absolute Gasteiger partial charge is 0.390 e. The lowest BCUT2D eigenvalue weighted by Gasteiger charge is -2.15. The third-order valence-electron chi connectivity index (χ3n) is 1.28. The topological polar surface area (TPSA) is 20.2 Å². The first-order valence-electron chi connectivity index (χ1n) is 3.43. The molecule has 1 N–H and O–H groups in total. The number of hydrogen-bond donors (Lipinski definition) is 1. The van der Waals surface area contributed by atoms with E-state index in [4.69, 9.17) is 11.6 Å². The van der Waals surface area contributed by atoms with E-state index >= 15 is 0 Å². The van der Waals surface area contributed by atoms with Crippen LogP contribution in [0.3, 0.4) is 0 Å². The van der Waals surface area contributed by atoms with E-state index in [1.54, 1.807) is 25.2 Å². The first kappa shape index (κ1) is 9.04. The summed E-state index contributed by atoms with van der Waals surface area (Å²) in [6, 6.07) is 1.85. The van der Waals surface area contributed by atoms with Crippen LogP contribution in [0, 0.1) is 0 Å². The molecule has 0 bridgehead atoms. The Labute approximate surface area is 75.6 Å². The zero-order chi connectivity index (χ0) is 8.48. The van der Waals surface area contributed by atoms with Gasteiger partial charge in [-0.1, -0.05) is 11.6 Å². The number of rotatable bonds is 2. The first-order chi connectivity index (χ1) is 4.99. The van der Waals surface area contributed by atoms with Gasteiger partial charge in [-0.25, -0.2) is 0 Å². The molecule has 0 saturated carbocycles. The summed E-state index contributed by atoms with van der Waals surface area (Å²) in [6.07, 6.45) is 0.628. The van der Waals surface area contributed by atoms with Crippen molar-refractivity contribution in [3.63, 3.8) is 0 Å². The van der Waals surface area contributed by atoms with Gasteiger partial charge in [0.25, 0.3) is 0 Å². The van der Waals surface area contributed by atoms with Crippen molar-refractivity contribution in [2.45, 2.75) is 25.9 Å². The third-order valence-corrected chi connectivity index (χ3v) is 2.67. The highest BCUT2D eigenvalue weighted by Gasteiger charge is 2.15. The Hall–Kier alpha value is -0.0500. The molecule has 0 fully saturated rings. The Morgan fingerprint density at radius 1 is 1.64 bits per heavy atom. The quantitative estimate of drug-likeness (QED) is 0.761. The molecule has 62 valence electrons. The second-order valence-electron chi connectivity index (χ2n) is 3.18. The Kier molecular flexibility index (Phi) is 2.58. The minimum absolute atomic E-state index is 0.628. The first-order valence-corrected chi connectivity index (χ1v) is 4.69. The van der Waals surface area contributed by atoms with Gasteiger partial charge in [0.2, 0.25) is 0 Å². The zero-order valence-corrected chi connectivity index (χ0v) is 8.17. The van der Waals surface area contributed by atoms with Crippen LogP contribution in [-0.2, 0) is 6.42 Å². The van der Waals surface area contributed by atoms with Gasteiger partial charge in [0.15, 0.2) is 0 Å². The number of hydrogen-bond acceptors (Lipinski definition) is 2. The molecule has 0 unspecified atom stereocenters. The molecule has 1 heterocycles. The Bertz CT molecular complexity index is 236. The summed E-state index contributed by atoms with van der Waals surface area (Å²) in [7, 11) is 0. The standard InChI is InChI=1S/C8H11ClOS/c1-8(2,10)5-7-6(9)3-4-11-7/h3-4,10H,5H2,1-2H3. The lowest BCUT2D eigenvalue weighted by atomic mass is 10.1. The minimum atomic E-state index is -0.658. The van der Waals surface area contributed by atoms with Crippen LogP contribution in [0.25, 0.3) is 0 Å². The average molecular weight is 191 g/mol. The van der Waals surface area contributed by atoms with Crippen molar-refractivity contribution in [1.82, 2.24) is 0 Å². The molecule has 0 radical (unpaired) electrons. The highest BCUT2D eigenvalue weighted by atomic mass is 35.5. The summed E-state index contributed by atoms with van der Waals surface area (Å²) in [5.41, 5.74) is -0.658. The van der Waals surface area contributed by atoms with E-state index in [0.29, 0.717) is 6.42 Å². The smallest absolute Gasteiger partial charge is 0.0640 e. The molecular formula is C8H11ClOS. The maximum Gasteiger partial charge on any atom is 0.0640 e. The van der Waals surface area contributed by atoms with Crippen LogP contribution in [0.4, 0.5) is 0 Å². The number of thiophene rings is 1. The molecule has 1 nitrogen and oxygen atoms in total. The molecule has 0 aliphatic heterocycles. The molecule has 3 heteroatoms. The number of halogens is 1. The van der Waals surface area contributed by atoms with Crippen LogP contribution in [0.1, 0.15) is 18.7 Å². The molecule has 11 heavy (non-hydrogen) atoms. The molecule has 0 aromatic carbocycles. The minimum Gasteiger partial charge on any atom is -0.390 e. The van der Waals surface area contributed by atoms with E-state index < -0.39 is 5.60 Å². The molecule has 1 rings (SSSR count). The monoisotopic (exact) mass is 190 g/mol. The Balaban J connectivity index is 2.72. The van der Waals surface area contributed by atoms with Crippen LogP contribution in [0.15, 0.2) is 11.4 Å². The number of aliphatic hydroxyl groups is 1. The van der Waals surface area contributed by atoms with E-state index in [1.165, 1.54) is 0 Å². The molecule has 0 saturated heterocycles. The second kappa shape index (κ2) is 3.13. The Morgan fingerprint density at radius 3 is 2.64 bits per heavy atom.